The predicted octanol–water partition coefficient (Wildman–Crippen LogP) is 4.84. The molecule has 0 N–H and O–H groups in total. The van der Waals surface area contributed by atoms with Crippen LogP contribution >= 0.6 is 0 Å². The number of amides is 2. The molecule has 21 heavy (non-hydrogen) atoms. The summed E-state index contributed by atoms with van der Waals surface area (Å²) in [5.74, 6) is 0.0801. The maximum absolute atomic E-state index is 11.8. The summed E-state index contributed by atoms with van der Waals surface area (Å²) >= 11 is 0. The maximum atomic E-state index is 11.8. The Labute approximate surface area is 130 Å². The van der Waals surface area contributed by atoms with Crippen LogP contribution in [-0.2, 0) is 9.59 Å². The summed E-state index contributed by atoms with van der Waals surface area (Å²) in [6.07, 6.45) is 16.2. The lowest BCUT2D eigenvalue weighted by molar-refractivity contribution is -0.141. The second kappa shape index (κ2) is 11.8. The Morgan fingerprint density at radius 1 is 0.905 bits per heavy atom. The minimum absolute atomic E-state index is 0.0306. The van der Waals surface area contributed by atoms with Crippen molar-refractivity contribution in [2.45, 2.75) is 96.8 Å². The number of carbonyl (C=O) groups excluding carboxylic acids is 2. The molecule has 1 saturated heterocycles. The molecule has 0 aromatic heterocycles. The van der Waals surface area contributed by atoms with Crippen LogP contribution in [0, 0.1) is 0 Å². The molecule has 2 amide bonds. The number of hydrogen-bond acceptors (Lipinski definition) is 2. The molecule has 1 aliphatic rings. The number of carbonyl (C=O) groups is 2. The SMILES string of the molecule is CCCCCCCCCCCCCC(=O)N1CCCC1=O. The predicted molar refractivity (Wildman–Crippen MR) is 87.0 cm³/mol. The van der Waals surface area contributed by atoms with Crippen LogP contribution in [0.5, 0.6) is 0 Å². The van der Waals surface area contributed by atoms with Gasteiger partial charge in [0, 0.05) is 19.4 Å². The number of hydrogen-bond donors (Lipinski definition) is 0. The molecule has 0 aliphatic carbocycles. The van der Waals surface area contributed by atoms with Gasteiger partial charge in [0.2, 0.25) is 11.8 Å². The molecule has 1 aliphatic heterocycles. The van der Waals surface area contributed by atoms with Gasteiger partial charge in [0.05, 0.1) is 0 Å². The first kappa shape index (κ1) is 18.2. The van der Waals surface area contributed by atoms with Crippen LogP contribution < -0.4 is 0 Å². The first-order valence-corrected chi connectivity index (χ1v) is 9.09. The lowest BCUT2D eigenvalue weighted by atomic mass is 10.1. The highest BCUT2D eigenvalue weighted by molar-refractivity contribution is 5.96. The van der Waals surface area contributed by atoms with E-state index in [0.29, 0.717) is 19.4 Å². The number of likely N-dealkylation sites (tertiary alicyclic amines) is 1. The molecule has 0 aromatic rings. The molecule has 0 atom stereocenters. The lowest BCUT2D eigenvalue weighted by Gasteiger charge is -2.12. The fraction of sp³-hybridized carbons (Fsp3) is 0.889. The highest BCUT2D eigenvalue weighted by atomic mass is 16.2. The minimum atomic E-state index is 0.0306. The number of rotatable bonds is 12. The highest BCUT2D eigenvalue weighted by Gasteiger charge is 2.25. The third-order valence-corrected chi connectivity index (χ3v) is 4.37. The van der Waals surface area contributed by atoms with Crippen molar-refractivity contribution in [1.82, 2.24) is 4.90 Å². The molecule has 122 valence electrons. The molecule has 0 spiro atoms. The van der Waals surface area contributed by atoms with E-state index in [2.05, 4.69) is 6.92 Å². The summed E-state index contributed by atoms with van der Waals surface area (Å²) in [5.41, 5.74) is 0. The van der Waals surface area contributed by atoms with E-state index in [0.717, 1.165) is 19.3 Å². The largest absolute Gasteiger partial charge is 0.283 e. The number of unbranched alkanes of at least 4 members (excludes halogenated alkanes) is 10. The van der Waals surface area contributed by atoms with E-state index in [1.54, 1.807) is 0 Å². The highest BCUT2D eigenvalue weighted by Crippen LogP contribution is 2.15. The Morgan fingerprint density at radius 2 is 1.43 bits per heavy atom. The molecule has 3 heteroatoms. The van der Waals surface area contributed by atoms with Crippen molar-refractivity contribution in [2.24, 2.45) is 0 Å². The third kappa shape index (κ3) is 8.23. The molecule has 0 unspecified atom stereocenters. The molecular formula is C18H33NO2. The number of nitrogens with zero attached hydrogens (tertiary/aromatic N) is 1. The van der Waals surface area contributed by atoms with Gasteiger partial charge in [0.25, 0.3) is 0 Å². The van der Waals surface area contributed by atoms with E-state index in [4.69, 9.17) is 0 Å². The van der Waals surface area contributed by atoms with Gasteiger partial charge in [-0.15, -0.1) is 0 Å². The van der Waals surface area contributed by atoms with Crippen LogP contribution in [0.3, 0.4) is 0 Å². The van der Waals surface area contributed by atoms with Crippen molar-refractivity contribution in [3.8, 4) is 0 Å². The van der Waals surface area contributed by atoms with Crippen LogP contribution in [0.15, 0.2) is 0 Å². The second-order valence-electron chi connectivity index (χ2n) is 6.33. The Morgan fingerprint density at radius 3 is 1.90 bits per heavy atom. The molecule has 1 heterocycles. The summed E-state index contributed by atoms with van der Waals surface area (Å²) in [6, 6.07) is 0. The van der Waals surface area contributed by atoms with Gasteiger partial charge in [0.1, 0.15) is 0 Å². The summed E-state index contributed by atoms with van der Waals surface area (Å²) in [6.45, 7) is 2.90. The van der Waals surface area contributed by atoms with Gasteiger partial charge < -0.3 is 0 Å². The molecule has 1 rings (SSSR count). The van der Waals surface area contributed by atoms with Crippen LogP contribution in [0.25, 0.3) is 0 Å². The average molecular weight is 295 g/mol. The van der Waals surface area contributed by atoms with Gasteiger partial charge >= 0.3 is 0 Å². The zero-order valence-corrected chi connectivity index (χ0v) is 13.9. The van der Waals surface area contributed by atoms with E-state index >= 15 is 0 Å². The van der Waals surface area contributed by atoms with E-state index in [9.17, 15) is 9.59 Å². The molecule has 3 nitrogen and oxygen atoms in total. The Bertz CT molecular complexity index is 302. The van der Waals surface area contributed by atoms with Crippen LogP contribution in [-0.4, -0.2) is 23.3 Å². The lowest BCUT2D eigenvalue weighted by Crippen LogP contribution is -2.31. The fourth-order valence-corrected chi connectivity index (χ4v) is 2.99. The maximum Gasteiger partial charge on any atom is 0.229 e. The van der Waals surface area contributed by atoms with Crippen molar-refractivity contribution < 1.29 is 9.59 Å². The number of imide groups is 1. The Kier molecular flexibility index (Phi) is 10.2. The average Bonchev–Trinajstić information content (AvgIpc) is 2.91. The Balaban J connectivity index is 1.84. The van der Waals surface area contributed by atoms with Crippen molar-refractivity contribution in [2.75, 3.05) is 6.54 Å². The van der Waals surface area contributed by atoms with Crippen molar-refractivity contribution in [3.05, 3.63) is 0 Å². The first-order chi connectivity index (χ1) is 10.3. The molecule has 0 bridgehead atoms. The summed E-state index contributed by atoms with van der Waals surface area (Å²) in [4.78, 5) is 24.7. The third-order valence-electron chi connectivity index (χ3n) is 4.37. The van der Waals surface area contributed by atoms with Gasteiger partial charge in [0.15, 0.2) is 0 Å². The molecular weight excluding hydrogens is 262 g/mol. The normalized spacial score (nSPS) is 14.9. The van der Waals surface area contributed by atoms with Gasteiger partial charge in [-0.2, -0.15) is 0 Å². The minimum Gasteiger partial charge on any atom is -0.283 e. The van der Waals surface area contributed by atoms with Crippen molar-refractivity contribution >= 4 is 11.8 Å². The fourth-order valence-electron chi connectivity index (χ4n) is 2.99. The van der Waals surface area contributed by atoms with Crippen LogP contribution in [0.4, 0.5) is 0 Å². The van der Waals surface area contributed by atoms with Gasteiger partial charge in [-0.05, 0) is 12.8 Å². The van der Waals surface area contributed by atoms with E-state index < -0.39 is 0 Å². The monoisotopic (exact) mass is 295 g/mol. The molecule has 0 saturated carbocycles. The van der Waals surface area contributed by atoms with E-state index in [-0.39, 0.29) is 11.8 Å². The van der Waals surface area contributed by atoms with Crippen LogP contribution in [0.1, 0.15) is 96.8 Å². The molecule has 0 aromatic carbocycles. The van der Waals surface area contributed by atoms with E-state index in [1.165, 1.54) is 62.7 Å². The molecule has 0 radical (unpaired) electrons. The Hall–Kier alpha value is -0.860. The quantitative estimate of drug-likeness (QED) is 0.483. The standard InChI is InChI=1S/C18H33NO2/c1-2-3-4-5-6-7-8-9-10-11-12-14-17(20)19-16-13-15-18(19)21/h2-16H2,1H3. The summed E-state index contributed by atoms with van der Waals surface area (Å²) in [5, 5.41) is 0. The molecule has 1 fully saturated rings. The van der Waals surface area contributed by atoms with Gasteiger partial charge in [-0.3, -0.25) is 14.5 Å². The summed E-state index contributed by atoms with van der Waals surface area (Å²) < 4.78 is 0. The zero-order chi connectivity index (χ0) is 15.3. The van der Waals surface area contributed by atoms with Crippen molar-refractivity contribution in [1.29, 1.82) is 0 Å². The second-order valence-corrected chi connectivity index (χ2v) is 6.33. The van der Waals surface area contributed by atoms with Crippen molar-refractivity contribution in [3.63, 3.8) is 0 Å². The smallest absolute Gasteiger partial charge is 0.229 e. The summed E-state index contributed by atoms with van der Waals surface area (Å²) in [7, 11) is 0. The zero-order valence-electron chi connectivity index (χ0n) is 13.9. The topological polar surface area (TPSA) is 37.4 Å². The first-order valence-electron chi connectivity index (χ1n) is 9.09. The van der Waals surface area contributed by atoms with E-state index in [1.807, 2.05) is 0 Å². The van der Waals surface area contributed by atoms with Crippen LogP contribution in [0.2, 0.25) is 0 Å². The van der Waals surface area contributed by atoms with Gasteiger partial charge in [-0.25, -0.2) is 0 Å². The van der Waals surface area contributed by atoms with Gasteiger partial charge in [-0.1, -0.05) is 71.1 Å².